The molecule has 3 heteroatoms. The Morgan fingerprint density at radius 1 is 1.06 bits per heavy atom. The van der Waals surface area contributed by atoms with E-state index in [1.165, 1.54) is 0 Å². The molecule has 90 valence electrons. The van der Waals surface area contributed by atoms with Crippen molar-refractivity contribution in [2.24, 2.45) is 0 Å². The van der Waals surface area contributed by atoms with E-state index in [9.17, 15) is 4.79 Å². The van der Waals surface area contributed by atoms with Gasteiger partial charge in [-0.3, -0.25) is 4.79 Å². The predicted molar refractivity (Wildman–Crippen MR) is 75.9 cm³/mol. The van der Waals surface area contributed by atoms with Crippen LogP contribution in [-0.4, -0.2) is 5.78 Å². The quantitative estimate of drug-likeness (QED) is 0.856. The van der Waals surface area contributed by atoms with Gasteiger partial charge in [0, 0.05) is 22.1 Å². The van der Waals surface area contributed by atoms with Crippen LogP contribution in [0.15, 0.2) is 53.0 Å². The molecule has 0 saturated carbocycles. The van der Waals surface area contributed by atoms with Crippen LogP contribution in [0, 0.1) is 0 Å². The lowest BCUT2D eigenvalue weighted by Crippen LogP contribution is -2.22. The average molecular weight is 302 g/mol. The fraction of sp³-hybridized carbons (Fsp3) is 0.133. The van der Waals surface area contributed by atoms with Crippen molar-refractivity contribution in [1.82, 2.24) is 0 Å². The van der Waals surface area contributed by atoms with Gasteiger partial charge in [-0.25, -0.2) is 0 Å². The normalized spacial score (nSPS) is 18.1. The maximum atomic E-state index is 12.1. The third-order valence-electron chi connectivity index (χ3n) is 3.23. The van der Waals surface area contributed by atoms with Gasteiger partial charge in [0.05, 0.1) is 6.04 Å². The molecule has 0 bridgehead atoms. The number of benzene rings is 2. The number of carbonyl (C=O) groups excluding carboxylic acids is 1. The minimum absolute atomic E-state index is 0.0444. The second-order valence-electron chi connectivity index (χ2n) is 4.39. The van der Waals surface area contributed by atoms with E-state index < -0.39 is 0 Å². The minimum atomic E-state index is 0.0444. The molecule has 2 aromatic carbocycles. The summed E-state index contributed by atoms with van der Waals surface area (Å²) in [4.78, 5) is 12.1. The Morgan fingerprint density at radius 3 is 2.61 bits per heavy atom. The van der Waals surface area contributed by atoms with Gasteiger partial charge in [-0.2, -0.15) is 0 Å². The van der Waals surface area contributed by atoms with Gasteiger partial charge in [0.25, 0.3) is 0 Å². The van der Waals surface area contributed by atoms with E-state index in [2.05, 4.69) is 21.2 Å². The molecule has 1 aliphatic rings. The lowest BCUT2D eigenvalue weighted by atomic mass is 9.92. The van der Waals surface area contributed by atoms with Gasteiger partial charge in [-0.15, -0.1) is 0 Å². The van der Waals surface area contributed by atoms with Gasteiger partial charge in [0.2, 0.25) is 0 Å². The van der Waals surface area contributed by atoms with Crippen LogP contribution in [-0.2, 0) is 0 Å². The van der Waals surface area contributed by atoms with Crippen LogP contribution in [0.2, 0.25) is 0 Å². The number of para-hydroxylation sites is 1. The molecule has 0 radical (unpaired) electrons. The summed E-state index contributed by atoms with van der Waals surface area (Å²) >= 11 is 3.54. The molecular weight excluding hydrogens is 290 g/mol. The Labute approximate surface area is 114 Å². The molecular formula is C15H12BrNO. The summed E-state index contributed by atoms with van der Waals surface area (Å²) in [6.45, 7) is 0. The van der Waals surface area contributed by atoms with Crippen LogP contribution in [0.5, 0.6) is 0 Å². The third kappa shape index (κ3) is 1.95. The Kier molecular flexibility index (Phi) is 2.92. The molecule has 1 atom stereocenters. The molecule has 0 aromatic heterocycles. The van der Waals surface area contributed by atoms with Gasteiger partial charge >= 0.3 is 0 Å². The average Bonchev–Trinajstić information content (AvgIpc) is 2.39. The van der Waals surface area contributed by atoms with Gasteiger partial charge in [-0.1, -0.05) is 46.3 Å². The Hall–Kier alpha value is -1.61. The van der Waals surface area contributed by atoms with Crippen LogP contribution >= 0.6 is 15.9 Å². The van der Waals surface area contributed by atoms with E-state index in [1.54, 1.807) is 0 Å². The molecule has 18 heavy (non-hydrogen) atoms. The zero-order valence-electron chi connectivity index (χ0n) is 9.69. The summed E-state index contributed by atoms with van der Waals surface area (Å²) < 4.78 is 1.04. The highest BCUT2D eigenvalue weighted by atomic mass is 79.9. The highest BCUT2D eigenvalue weighted by Gasteiger charge is 2.25. The van der Waals surface area contributed by atoms with Crippen molar-refractivity contribution in [2.75, 3.05) is 5.32 Å². The first-order valence-corrected chi connectivity index (χ1v) is 6.68. The van der Waals surface area contributed by atoms with E-state index in [0.29, 0.717) is 6.42 Å². The Balaban J connectivity index is 2.00. The lowest BCUT2D eigenvalue weighted by Gasteiger charge is -2.27. The van der Waals surface area contributed by atoms with Crippen molar-refractivity contribution < 1.29 is 4.79 Å². The van der Waals surface area contributed by atoms with Crippen molar-refractivity contribution in [2.45, 2.75) is 12.5 Å². The number of hydrogen-bond acceptors (Lipinski definition) is 2. The molecule has 2 nitrogen and oxygen atoms in total. The smallest absolute Gasteiger partial charge is 0.167 e. The molecule has 2 aromatic rings. The highest BCUT2D eigenvalue weighted by Crippen LogP contribution is 2.35. The largest absolute Gasteiger partial charge is 0.377 e. The van der Waals surface area contributed by atoms with Gasteiger partial charge in [0.15, 0.2) is 5.78 Å². The van der Waals surface area contributed by atoms with Gasteiger partial charge in [-0.05, 0) is 23.8 Å². The fourth-order valence-corrected chi connectivity index (χ4v) is 2.89. The zero-order valence-corrected chi connectivity index (χ0v) is 11.3. The molecule has 1 heterocycles. The predicted octanol–water partition coefficient (Wildman–Crippen LogP) is 4.19. The second kappa shape index (κ2) is 4.58. The molecule has 0 unspecified atom stereocenters. The topological polar surface area (TPSA) is 29.1 Å². The number of hydrogen-bond donors (Lipinski definition) is 1. The zero-order chi connectivity index (χ0) is 12.5. The van der Waals surface area contributed by atoms with Gasteiger partial charge in [0.1, 0.15) is 0 Å². The lowest BCUT2D eigenvalue weighted by molar-refractivity contribution is 0.0972. The van der Waals surface area contributed by atoms with E-state index in [1.807, 2.05) is 48.5 Å². The summed E-state index contributed by atoms with van der Waals surface area (Å²) in [6, 6.07) is 15.7. The van der Waals surface area contributed by atoms with E-state index in [0.717, 1.165) is 21.3 Å². The summed E-state index contributed by atoms with van der Waals surface area (Å²) in [5.41, 5.74) is 2.84. The molecule has 0 amide bonds. The SMILES string of the molecule is O=C1C[C@@H](c2ccccc2Br)Nc2ccccc21. The van der Waals surface area contributed by atoms with Crippen molar-refractivity contribution >= 4 is 27.4 Å². The summed E-state index contributed by atoms with van der Waals surface area (Å²) in [5, 5.41) is 3.43. The van der Waals surface area contributed by atoms with Crippen LogP contribution in [0.1, 0.15) is 28.4 Å². The van der Waals surface area contributed by atoms with E-state index in [4.69, 9.17) is 0 Å². The second-order valence-corrected chi connectivity index (χ2v) is 5.25. The molecule has 0 spiro atoms. The molecule has 0 fully saturated rings. The number of fused-ring (bicyclic) bond motifs is 1. The number of nitrogens with one attached hydrogen (secondary N) is 1. The monoisotopic (exact) mass is 301 g/mol. The molecule has 0 saturated heterocycles. The number of halogens is 1. The first-order valence-electron chi connectivity index (χ1n) is 5.89. The molecule has 1 N–H and O–H groups in total. The fourth-order valence-electron chi connectivity index (χ4n) is 2.33. The standard InChI is InChI=1S/C15H12BrNO/c16-12-7-3-1-5-10(12)14-9-15(18)11-6-2-4-8-13(11)17-14/h1-8,14,17H,9H2/t14-/m0/s1. The first kappa shape index (κ1) is 11.5. The summed E-state index contributed by atoms with van der Waals surface area (Å²) in [5.74, 6) is 0.199. The van der Waals surface area contributed by atoms with E-state index >= 15 is 0 Å². The van der Waals surface area contributed by atoms with Crippen LogP contribution in [0.25, 0.3) is 0 Å². The van der Waals surface area contributed by atoms with Crippen molar-refractivity contribution in [3.05, 3.63) is 64.1 Å². The van der Waals surface area contributed by atoms with Crippen molar-refractivity contribution in [3.63, 3.8) is 0 Å². The number of rotatable bonds is 1. The number of carbonyl (C=O) groups is 1. The molecule has 1 aliphatic heterocycles. The number of Topliss-reactive ketones (excluding diaryl/α,β-unsaturated/α-hetero) is 1. The number of ketones is 1. The van der Waals surface area contributed by atoms with Crippen molar-refractivity contribution in [3.8, 4) is 0 Å². The minimum Gasteiger partial charge on any atom is -0.377 e. The van der Waals surface area contributed by atoms with Crippen LogP contribution in [0.4, 0.5) is 5.69 Å². The van der Waals surface area contributed by atoms with Crippen molar-refractivity contribution in [1.29, 1.82) is 0 Å². The van der Waals surface area contributed by atoms with Crippen LogP contribution in [0.3, 0.4) is 0 Å². The maximum Gasteiger partial charge on any atom is 0.167 e. The Bertz CT molecular complexity index is 609. The van der Waals surface area contributed by atoms with Gasteiger partial charge < -0.3 is 5.32 Å². The molecule has 0 aliphatic carbocycles. The van der Waals surface area contributed by atoms with Crippen LogP contribution < -0.4 is 5.32 Å². The first-order chi connectivity index (χ1) is 8.75. The Morgan fingerprint density at radius 2 is 1.78 bits per heavy atom. The summed E-state index contributed by atoms with van der Waals surface area (Å²) in [6.07, 6.45) is 0.500. The summed E-state index contributed by atoms with van der Waals surface area (Å²) in [7, 11) is 0. The maximum absolute atomic E-state index is 12.1. The molecule has 3 rings (SSSR count). The number of anilines is 1. The highest BCUT2D eigenvalue weighted by molar-refractivity contribution is 9.10. The van der Waals surface area contributed by atoms with E-state index in [-0.39, 0.29) is 11.8 Å². The third-order valence-corrected chi connectivity index (χ3v) is 3.95.